The predicted molar refractivity (Wildman–Crippen MR) is 101 cm³/mol. The first-order valence-corrected chi connectivity index (χ1v) is 8.62. The minimum absolute atomic E-state index is 0.311. The molecular formula is C21H20N4O2. The zero-order valence-electron chi connectivity index (χ0n) is 14.7. The second-order valence-corrected chi connectivity index (χ2v) is 6.00. The van der Waals surface area contributed by atoms with Gasteiger partial charge in [-0.1, -0.05) is 42.5 Å². The van der Waals surface area contributed by atoms with Gasteiger partial charge in [-0.05, 0) is 28.8 Å². The number of amides is 2. The van der Waals surface area contributed by atoms with E-state index in [0.717, 1.165) is 11.1 Å². The Balaban J connectivity index is 1.70. The molecule has 0 unspecified atom stereocenters. The third kappa shape index (κ3) is 5.22. The first-order valence-electron chi connectivity index (χ1n) is 8.62. The molecule has 3 rings (SSSR count). The van der Waals surface area contributed by atoms with Crippen LogP contribution in [-0.2, 0) is 22.7 Å². The van der Waals surface area contributed by atoms with E-state index in [-0.39, 0.29) is 11.8 Å². The molecule has 0 fully saturated rings. The van der Waals surface area contributed by atoms with Gasteiger partial charge in [0.2, 0.25) is 11.8 Å². The van der Waals surface area contributed by atoms with Crippen molar-refractivity contribution in [2.24, 2.45) is 0 Å². The fraction of sp³-hybridized carbons (Fsp3) is 0.143. The third-order valence-electron chi connectivity index (χ3n) is 4.04. The second-order valence-electron chi connectivity index (χ2n) is 6.00. The highest BCUT2D eigenvalue weighted by atomic mass is 16.2. The highest BCUT2D eigenvalue weighted by molar-refractivity contribution is 6.05. The van der Waals surface area contributed by atoms with Crippen molar-refractivity contribution in [3.8, 4) is 0 Å². The van der Waals surface area contributed by atoms with E-state index < -0.39 is 5.92 Å². The first-order chi connectivity index (χ1) is 13.2. The molecule has 0 saturated carbocycles. The largest absolute Gasteiger partial charge is 0.351 e. The van der Waals surface area contributed by atoms with Crippen molar-refractivity contribution in [3.05, 3.63) is 96.1 Å². The fourth-order valence-corrected chi connectivity index (χ4v) is 2.66. The van der Waals surface area contributed by atoms with Crippen LogP contribution in [0.3, 0.4) is 0 Å². The Labute approximate surface area is 157 Å². The van der Waals surface area contributed by atoms with Crippen LogP contribution in [0.1, 0.15) is 22.6 Å². The molecule has 136 valence electrons. The van der Waals surface area contributed by atoms with Crippen molar-refractivity contribution in [3.63, 3.8) is 0 Å². The molecule has 6 nitrogen and oxygen atoms in total. The number of aromatic nitrogens is 2. The van der Waals surface area contributed by atoms with Crippen LogP contribution in [0.15, 0.2) is 79.4 Å². The van der Waals surface area contributed by atoms with Crippen LogP contribution in [0.2, 0.25) is 0 Å². The van der Waals surface area contributed by atoms with Crippen LogP contribution in [0.5, 0.6) is 0 Å². The molecule has 0 aliphatic carbocycles. The van der Waals surface area contributed by atoms with Crippen LogP contribution >= 0.6 is 0 Å². The van der Waals surface area contributed by atoms with Crippen LogP contribution in [0.4, 0.5) is 0 Å². The van der Waals surface area contributed by atoms with E-state index in [2.05, 4.69) is 20.6 Å². The molecule has 0 aliphatic rings. The number of carbonyl (C=O) groups is 2. The molecule has 0 spiro atoms. The lowest BCUT2D eigenvalue weighted by Gasteiger charge is -2.17. The van der Waals surface area contributed by atoms with Gasteiger partial charge in [-0.25, -0.2) is 0 Å². The molecule has 0 radical (unpaired) electrons. The first kappa shape index (κ1) is 18.3. The number of carbonyl (C=O) groups excluding carboxylic acids is 2. The number of benzene rings is 1. The van der Waals surface area contributed by atoms with E-state index in [4.69, 9.17) is 0 Å². The van der Waals surface area contributed by atoms with Gasteiger partial charge < -0.3 is 10.6 Å². The lowest BCUT2D eigenvalue weighted by atomic mass is 9.97. The molecule has 1 aromatic carbocycles. The number of hydrogen-bond acceptors (Lipinski definition) is 4. The van der Waals surface area contributed by atoms with Gasteiger partial charge in [0, 0.05) is 37.9 Å². The Morgan fingerprint density at radius 1 is 0.741 bits per heavy atom. The van der Waals surface area contributed by atoms with E-state index in [1.807, 2.05) is 30.3 Å². The smallest absolute Gasteiger partial charge is 0.237 e. The number of hydrogen-bond donors (Lipinski definition) is 2. The SMILES string of the molecule is O=C(NCc1cccnc1)C(C(=O)NCc1cccnc1)c1ccccc1. The summed E-state index contributed by atoms with van der Waals surface area (Å²) in [6.45, 7) is 0.623. The maximum absolute atomic E-state index is 12.8. The lowest BCUT2D eigenvalue weighted by molar-refractivity contribution is -0.131. The molecule has 27 heavy (non-hydrogen) atoms. The van der Waals surface area contributed by atoms with Crippen LogP contribution in [0.25, 0.3) is 0 Å². The fourth-order valence-electron chi connectivity index (χ4n) is 2.66. The molecule has 2 N–H and O–H groups in total. The average Bonchev–Trinajstić information content (AvgIpc) is 2.73. The van der Waals surface area contributed by atoms with Crippen molar-refractivity contribution in [1.82, 2.24) is 20.6 Å². The molecule has 0 saturated heterocycles. The summed E-state index contributed by atoms with van der Waals surface area (Å²) in [5.41, 5.74) is 2.38. The summed E-state index contributed by atoms with van der Waals surface area (Å²) in [4.78, 5) is 33.6. The molecular weight excluding hydrogens is 340 g/mol. The van der Waals surface area contributed by atoms with Crippen LogP contribution in [-0.4, -0.2) is 21.8 Å². The Morgan fingerprint density at radius 2 is 1.26 bits per heavy atom. The van der Waals surface area contributed by atoms with Crippen molar-refractivity contribution in [2.75, 3.05) is 0 Å². The topological polar surface area (TPSA) is 84.0 Å². The molecule has 6 heteroatoms. The number of pyridine rings is 2. The van der Waals surface area contributed by atoms with Gasteiger partial charge in [-0.3, -0.25) is 19.6 Å². The monoisotopic (exact) mass is 360 g/mol. The molecule has 0 bridgehead atoms. The molecule has 0 aliphatic heterocycles. The molecule has 2 aromatic heterocycles. The Kier molecular flexibility index (Phi) is 6.25. The van der Waals surface area contributed by atoms with E-state index >= 15 is 0 Å². The summed E-state index contributed by atoms with van der Waals surface area (Å²) in [5, 5.41) is 5.65. The van der Waals surface area contributed by atoms with Crippen molar-refractivity contribution in [2.45, 2.75) is 19.0 Å². The van der Waals surface area contributed by atoms with E-state index in [9.17, 15) is 9.59 Å². The van der Waals surface area contributed by atoms with Gasteiger partial charge in [-0.2, -0.15) is 0 Å². The summed E-state index contributed by atoms with van der Waals surface area (Å²) < 4.78 is 0. The Morgan fingerprint density at radius 3 is 1.70 bits per heavy atom. The maximum atomic E-state index is 12.8. The van der Waals surface area contributed by atoms with Crippen LogP contribution < -0.4 is 10.6 Å². The minimum atomic E-state index is -0.931. The van der Waals surface area contributed by atoms with Crippen LogP contribution in [0, 0.1) is 0 Å². The van der Waals surface area contributed by atoms with Crippen molar-refractivity contribution < 1.29 is 9.59 Å². The number of nitrogens with one attached hydrogen (secondary N) is 2. The summed E-state index contributed by atoms with van der Waals surface area (Å²) in [6.07, 6.45) is 6.70. The highest BCUT2D eigenvalue weighted by Crippen LogP contribution is 2.17. The number of nitrogens with zero attached hydrogens (tertiary/aromatic N) is 2. The third-order valence-corrected chi connectivity index (χ3v) is 4.04. The van der Waals surface area contributed by atoms with Gasteiger partial charge in [0.25, 0.3) is 0 Å². The van der Waals surface area contributed by atoms with E-state index in [0.29, 0.717) is 18.7 Å². The van der Waals surface area contributed by atoms with Gasteiger partial charge in [0.1, 0.15) is 5.92 Å². The molecule has 3 aromatic rings. The lowest BCUT2D eigenvalue weighted by Crippen LogP contribution is -2.39. The van der Waals surface area contributed by atoms with Crippen molar-refractivity contribution >= 4 is 11.8 Å². The average molecular weight is 360 g/mol. The van der Waals surface area contributed by atoms with Gasteiger partial charge in [-0.15, -0.1) is 0 Å². The molecule has 0 atom stereocenters. The predicted octanol–water partition coefficient (Wildman–Crippen LogP) is 2.19. The normalized spacial score (nSPS) is 10.4. The second kappa shape index (κ2) is 9.24. The number of rotatable bonds is 7. The minimum Gasteiger partial charge on any atom is -0.351 e. The quantitative estimate of drug-likeness (QED) is 0.633. The maximum Gasteiger partial charge on any atom is 0.237 e. The highest BCUT2D eigenvalue weighted by Gasteiger charge is 2.28. The summed E-state index contributed by atoms with van der Waals surface area (Å²) in [6, 6.07) is 16.4. The molecule has 2 heterocycles. The summed E-state index contributed by atoms with van der Waals surface area (Å²) in [5.74, 6) is -1.64. The summed E-state index contributed by atoms with van der Waals surface area (Å²) >= 11 is 0. The van der Waals surface area contributed by atoms with E-state index in [1.54, 1.807) is 49.1 Å². The van der Waals surface area contributed by atoms with Gasteiger partial charge >= 0.3 is 0 Å². The summed E-state index contributed by atoms with van der Waals surface area (Å²) in [7, 11) is 0. The zero-order chi connectivity index (χ0) is 18.9. The van der Waals surface area contributed by atoms with Gasteiger partial charge in [0.05, 0.1) is 0 Å². The molecule has 2 amide bonds. The van der Waals surface area contributed by atoms with E-state index in [1.165, 1.54) is 0 Å². The Hall–Kier alpha value is -3.54. The Bertz CT molecular complexity index is 815. The van der Waals surface area contributed by atoms with Gasteiger partial charge in [0.15, 0.2) is 0 Å². The zero-order valence-corrected chi connectivity index (χ0v) is 14.7. The van der Waals surface area contributed by atoms with Crippen molar-refractivity contribution in [1.29, 1.82) is 0 Å². The standard InChI is InChI=1S/C21H20N4O2/c26-20(24-14-16-6-4-10-22-12-16)19(18-8-2-1-3-9-18)21(27)25-15-17-7-5-11-23-13-17/h1-13,19H,14-15H2,(H,24,26)(H,25,27).